The first-order valence-electron chi connectivity index (χ1n) is 6.19. The van der Waals surface area contributed by atoms with Crippen LogP contribution in [-0.2, 0) is 6.42 Å². The quantitative estimate of drug-likeness (QED) is 0.816. The molecule has 5 heteroatoms. The number of hydrogen-bond donors (Lipinski definition) is 2. The molecule has 1 aromatic rings. The van der Waals surface area contributed by atoms with Crippen molar-refractivity contribution in [2.45, 2.75) is 11.3 Å². The highest BCUT2D eigenvalue weighted by Crippen LogP contribution is 2.31. The Kier molecular flexibility index (Phi) is 4.86. The Bertz CT molecular complexity index is 408. The van der Waals surface area contributed by atoms with Gasteiger partial charge in [-0.05, 0) is 24.3 Å². The van der Waals surface area contributed by atoms with Crippen molar-refractivity contribution in [1.82, 2.24) is 10.2 Å². The fourth-order valence-corrected chi connectivity index (χ4v) is 2.77. The topological polar surface area (TPSA) is 35.5 Å². The third-order valence-electron chi connectivity index (χ3n) is 3.27. The molecule has 0 bridgehead atoms. The molecule has 0 spiro atoms. The minimum Gasteiger partial charge on any atom is -0.507 e. The van der Waals surface area contributed by atoms with Crippen molar-refractivity contribution in [3.63, 3.8) is 0 Å². The van der Waals surface area contributed by atoms with E-state index >= 15 is 0 Å². The fraction of sp³-hybridized carbons (Fsp3) is 0.538. The van der Waals surface area contributed by atoms with Crippen molar-refractivity contribution in [2.24, 2.45) is 0 Å². The monoisotopic (exact) mass is 270 g/mol. The minimum atomic E-state index is -0.266. The molecule has 1 heterocycles. The number of hydrogen-bond acceptors (Lipinski definition) is 4. The van der Waals surface area contributed by atoms with E-state index in [0.717, 1.165) is 32.7 Å². The maximum atomic E-state index is 14.1. The molecule has 1 aliphatic heterocycles. The number of nitrogens with zero attached hydrogens (tertiary/aromatic N) is 1. The van der Waals surface area contributed by atoms with Crippen molar-refractivity contribution < 1.29 is 9.50 Å². The van der Waals surface area contributed by atoms with Gasteiger partial charge in [0, 0.05) is 32.7 Å². The summed E-state index contributed by atoms with van der Waals surface area (Å²) in [5.41, 5.74) is 0.690. The van der Waals surface area contributed by atoms with Crippen LogP contribution in [0.25, 0.3) is 0 Å². The van der Waals surface area contributed by atoms with Gasteiger partial charge in [0.25, 0.3) is 0 Å². The van der Waals surface area contributed by atoms with Crippen LogP contribution >= 0.6 is 11.8 Å². The molecule has 0 amide bonds. The summed E-state index contributed by atoms with van der Waals surface area (Å²) in [6.45, 7) is 4.93. The molecule has 0 aliphatic carbocycles. The lowest BCUT2D eigenvalue weighted by Gasteiger charge is -2.27. The Labute approximate surface area is 111 Å². The first kappa shape index (κ1) is 13.6. The maximum Gasteiger partial charge on any atom is 0.143 e. The SMILES string of the molecule is CSc1c(O)ccc(CCN2CCNCC2)c1F. The average Bonchev–Trinajstić information content (AvgIpc) is 2.40. The molecule has 0 radical (unpaired) electrons. The van der Waals surface area contributed by atoms with E-state index in [1.54, 1.807) is 18.4 Å². The van der Waals surface area contributed by atoms with Gasteiger partial charge in [-0.25, -0.2) is 4.39 Å². The number of halogens is 1. The van der Waals surface area contributed by atoms with Crippen LogP contribution in [0.5, 0.6) is 5.75 Å². The van der Waals surface area contributed by atoms with Crippen LogP contribution in [0.1, 0.15) is 5.56 Å². The zero-order chi connectivity index (χ0) is 13.0. The van der Waals surface area contributed by atoms with Gasteiger partial charge in [-0.3, -0.25) is 0 Å². The van der Waals surface area contributed by atoms with Gasteiger partial charge in [0.05, 0.1) is 4.90 Å². The molecule has 18 heavy (non-hydrogen) atoms. The molecule has 0 atom stereocenters. The lowest BCUT2D eigenvalue weighted by atomic mass is 10.1. The third kappa shape index (κ3) is 3.16. The number of piperazine rings is 1. The highest BCUT2D eigenvalue weighted by atomic mass is 32.2. The molecular formula is C13H19FN2OS. The van der Waals surface area contributed by atoms with E-state index < -0.39 is 0 Å². The van der Waals surface area contributed by atoms with E-state index in [0.29, 0.717) is 16.9 Å². The molecular weight excluding hydrogens is 251 g/mol. The molecule has 2 rings (SSSR count). The number of aromatic hydroxyl groups is 1. The van der Waals surface area contributed by atoms with Gasteiger partial charge < -0.3 is 15.3 Å². The van der Waals surface area contributed by atoms with Crippen LogP contribution in [0.4, 0.5) is 4.39 Å². The predicted octanol–water partition coefficient (Wildman–Crippen LogP) is 1.70. The number of rotatable bonds is 4. The first-order valence-corrected chi connectivity index (χ1v) is 7.42. The van der Waals surface area contributed by atoms with Gasteiger partial charge in [-0.15, -0.1) is 11.8 Å². The van der Waals surface area contributed by atoms with Gasteiger partial charge in [-0.1, -0.05) is 6.07 Å². The molecule has 1 aromatic carbocycles. The fourth-order valence-electron chi connectivity index (χ4n) is 2.19. The lowest BCUT2D eigenvalue weighted by molar-refractivity contribution is 0.243. The number of thioether (sulfide) groups is 1. The van der Waals surface area contributed by atoms with Crippen molar-refractivity contribution in [3.8, 4) is 5.75 Å². The molecule has 1 fully saturated rings. The zero-order valence-corrected chi connectivity index (χ0v) is 11.4. The summed E-state index contributed by atoms with van der Waals surface area (Å²) in [4.78, 5) is 2.69. The predicted molar refractivity (Wildman–Crippen MR) is 72.9 cm³/mol. The van der Waals surface area contributed by atoms with Crippen LogP contribution in [0.3, 0.4) is 0 Å². The van der Waals surface area contributed by atoms with Gasteiger partial charge >= 0.3 is 0 Å². The molecule has 3 nitrogen and oxygen atoms in total. The van der Waals surface area contributed by atoms with E-state index in [2.05, 4.69) is 10.2 Å². The third-order valence-corrected chi connectivity index (χ3v) is 4.06. The molecule has 0 aromatic heterocycles. The maximum absolute atomic E-state index is 14.1. The molecule has 1 saturated heterocycles. The second kappa shape index (κ2) is 6.41. The Morgan fingerprint density at radius 2 is 2.11 bits per heavy atom. The molecule has 2 N–H and O–H groups in total. The minimum absolute atomic E-state index is 0.0333. The highest BCUT2D eigenvalue weighted by Gasteiger charge is 2.14. The Morgan fingerprint density at radius 3 is 2.78 bits per heavy atom. The highest BCUT2D eigenvalue weighted by molar-refractivity contribution is 7.98. The number of benzene rings is 1. The number of phenols is 1. The van der Waals surface area contributed by atoms with Gasteiger partial charge in [0.15, 0.2) is 0 Å². The summed E-state index contributed by atoms with van der Waals surface area (Å²) < 4.78 is 14.1. The van der Waals surface area contributed by atoms with E-state index in [9.17, 15) is 9.50 Å². The van der Waals surface area contributed by atoms with E-state index in [1.807, 2.05) is 0 Å². The van der Waals surface area contributed by atoms with Crippen molar-refractivity contribution in [3.05, 3.63) is 23.5 Å². The second-order valence-corrected chi connectivity index (χ2v) is 5.25. The van der Waals surface area contributed by atoms with Crippen molar-refractivity contribution in [2.75, 3.05) is 39.0 Å². The molecule has 100 valence electrons. The van der Waals surface area contributed by atoms with Crippen LogP contribution in [0.15, 0.2) is 17.0 Å². The standard InChI is InChI=1S/C13H19FN2OS/c1-18-13-11(17)3-2-10(12(13)14)4-7-16-8-5-15-6-9-16/h2-3,15,17H,4-9H2,1H3. The van der Waals surface area contributed by atoms with Crippen molar-refractivity contribution in [1.29, 1.82) is 0 Å². The summed E-state index contributed by atoms with van der Waals surface area (Å²) in [6.07, 6.45) is 2.47. The summed E-state index contributed by atoms with van der Waals surface area (Å²) in [5, 5.41) is 12.9. The summed E-state index contributed by atoms with van der Waals surface area (Å²) >= 11 is 1.25. The van der Waals surface area contributed by atoms with Gasteiger partial charge in [0.2, 0.25) is 0 Å². The average molecular weight is 270 g/mol. The Hall–Kier alpha value is -0.780. The van der Waals surface area contributed by atoms with E-state index in [-0.39, 0.29) is 11.6 Å². The largest absolute Gasteiger partial charge is 0.507 e. The summed E-state index contributed by atoms with van der Waals surface area (Å²) in [7, 11) is 0. The Balaban J connectivity index is 2.00. The summed E-state index contributed by atoms with van der Waals surface area (Å²) in [5.74, 6) is -0.233. The zero-order valence-electron chi connectivity index (χ0n) is 10.6. The van der Waals surface area contributed by atoms with Crippen molar-refractivity contribution >= 4 is 11.8 Å². The van der Waals surface area contributed by atoms with E-state index in [4.69, 9.17) is 0 Å². The van der Waals surface area contributed by atoms with Crippen LogP contribution in [-0.4, -0.2) is 49.0 Å². The van der Waals surface area contributed by atoms with Gasteiger partial charge in [0.1, 0.15) is 11.6 Å². The van der Waals surface area contributed by atoms with Crippen LogP contribution in [0.2, 0.25) is 0 Å². The molecule has 0 unspecified atom stereocenters. The first-order chi connectivity index (χ1) is 8.72. The second-order valence-electron chi connectivity index (χ2n) is 4.43. The normalized spacial score (nSPS) is 17.0. The van der Waals surface area contributed by atoms with Crippen LogP contribution in [0, 0.1) is 5.82 Å². The number of nitrogens with one attached hydrogen (secondary N) is 1. The number of phenolic OH excluding ortho intramolecular Hbond substituents is 1. The lowest BCUT2D eigenvalue weighted by Crippen LogP contribution is -2.44. The van der Waals surface area contributed by atoms with Gasteiger partial charge in [-0.2, -0.15) is 0 Å². The smallest absolute Gasteiger partial charge is 0.143 e. The summed E-state index contributed by atoms with van der Waals surface area (Å²) in [6, 6.07) is 3.27. The van der Waals surface area contributed by atoms with Crippen LogP contribution < -0.4 is 5.32 Å². The molecule has 1 aliphatic rings. The molecule has 0 saturated carbocycles. The van der Waals surface area contributed by atoms with E-state index in [1.165, 1.54) is 11.8 Å². The Morgan fingerprint density at radius 1 is 1.39 bits per heavy atom.